The Bertz CT molecular complexity index is 503. The highest BCUT2D eigenvalue weighted by atomic mass is 32.2. The first-order valence-corrected chi connectivity index (χ1v) is 6.96. The van der Waals surface area contributed by atoms with Crippen LogP contribution in [0.15, 0.2) is 18.2 Å². The van der Waals surface area contributed by atoms with E-state index in [4.69, 9.17) is 4.74 Å². The molecule has 0 aliphatic heterocycles. The zero-order valence-electron chi connectivity index (χ0n) is 10.3. The van der Waals surface area contributed by atoms with Gasteiger partial charge >= 0.3 is 0 Å². The molecule has 17 heavy (non-hydrogen) atoms. The Morgan fingerprint density at radius 1 is 1.29 bits per heavy atom. The molecule has 0 fully saturated rings. The second-order valence-electron chi connectivity index (χ2n) is 4.77. The maximum absolute atomic E-state index is 11.2. The summed E-state index contributed by atoms with van der Waals surface area (Å²) in [6.45, 7) is 5.55. The molecule has 96 valence electrons. The molecule has 2 N–H and O–H groups in total. The van der Waals surface area contributed by atoms with E-state index < -0.39 is 15.6 Å². The molecule has 0 unspecified atom stereocenters. The van der Waals surface area contributed by atoms with E-state index in [2.05, 4.69) is 4.72 Å². The molecule has 0 aliphatic carbocycles. The highest BCUT2D eigenvalue weighted by molar-refractivity contribution is 7.92. The first kappa shape index (κ1) is 13.6. The van der Waals surface area contributed by atoms with Gasteiger partial charge in [-0.25, -0.2) is 8.42 Å². The number of phenols is 1. The van der Waals surface area contributed by atoms with Gasteiger partial charge in [0.25, 0.3) is 0 Å². The van der Waals surface area contributed by atoms with Gasteiger partial charge in [-0.1, -0.05) is 0 Å². The lowest BCUT2D eigenvalue weighted by Gasteiger charge is -2.23. The molecule has 1 rings (SSSR count). The molecule has 0 aromatic heterocycles. The molecule has 0 spiro atoms. The van der Waals surface area contributed by atoms with Gasteiger partial charge < -0.3 is 9.84 Å². The second kappa shape index (κ2) is 4.44. The van der Waals surface area contributed by atoms with Crippen molar-refractivity contribution < 1.29 is 18.3 Å². The molecule has 0 saturated carbocycles. The van der Waals surface area contributed by atoms with Gasteiger partial charge in [0.15, 0.2) is 0 Å². The third-order valence-electron chi connectivity index (χ3n) is 1.67. The van der Waals surface area contributed by atoms with E-state index in [0.717, 1.165) is 6.26 Å². The summed E-state index contributed by atoms with van der Waals surface area (Å²) in [7, 11) is -3.41. The van der Waals surface area contributed by atoms with Crippen molar-refractivity contribution in [1.82, 2.24) is 0 Å². The van der Waals surface area contributed by atoms with Gasteiger partial charge in [-0.15, -0.1) is 0 Å². The quantitative estimate of drug-likeness (QED) is 0.869. The van der Waals surface area contributed by atoms with Crippen molar-refractivity contribution in [2.45, 2.75) is 26.4 Å². The first-order chi connectivity index (χ1) is 7.57. The van der Waals surface area contributed by atoms with E-state index >= 15 is 0 Å². The zero-order valence-corrected chi connectivity index (χ0v) is 11.1. The van der Waals surface area contributed by atoms with Crippen LogP contribution in [0.3, 0.4) is 0 Å². The number of rotatable bonds is 3. The van der Waals surface area contributed by atoms with Crippen molar-refractivity contribution >= 4 is 15.7 Å². The Morgan fingerprint density at radius 2 is 1.88 bits per heavy atom. The fourth-order valence-electron chi connectivity index (χ4n) is 1.22. The van der Waals surface area contributed by atoms with Crippen molar-refractivity contribution in [2.75, 3.05) is 11.0 Å². The van der Waals surface area contributed by atoms with Crippen LogP contribution in [0.1, 0.15) is 20.8 Å². The summed E-state index contributed by atoms with van der Waals surface area (Å²) in [5, 5.41) is 9.34. The highest BCUT2D eigenvalue weighted by Gasteiger charge is 2.16. The Kier molecular flexibility index (Phi) is 3.56. The first-order valence-electron chi connectivity index (χ1n) is 5.07. The summed E-state index contributed by atoms with van der Waals surface area (Å²) in [4.78, 5) is 0. The lowest BCUT2D eigenvalue weighted by molar-refractivity contribution is 0.132. The molecule has 0 amide bonds. The van der Waals surface area contributed by atoms with Crippen LogP contribution < -0.4 is 9.46 Å². The van der Waals surface area contributed by atoms with Crippen molar-refractivity contribution in [1.29, 1.82) is 0 Å². The number of ether oxygens (including phenoxy) is 1. The third-order valence-corrected chi connectivity index (χ3v) is 2.27. The van der Waals surface area contributed by atoms with E-state index in [-0.39, 0.29) is 11.4 Å². The number of hydrogen-bond acceptors (Lipinski definition) is 4. The summed E-state index contributed by atoms with van der Waals surface area (Å²) >= 11 is 0. The summed E-state index contributed by atoms with van der Waals surface area (Å²) < 4.78 is 30.3. The van der Waals surface area contributed by atoms with E-state index in [1.165, 1.54) is 18.2 Å². The average molecular weight is 259 g/mol. The van der Waals surface area contributed by atoms with Crippen LogP contribution in [0.2, 0.25) is 0 Å². The summed E-state index contributed by atoms with van der Waals surface area (Å²) in [5.74, 6) is 0.345. The van der Waals surface area contributed by atoms with Crippen LogP contribution in [0.25, 0.3) is 0 Å². The van der Waals surface area contributed by atoms with Crippen molar-refractivity contribution in [3.8, 4) is 11.5 Å². The fourth-order valence-corrected chi connectivity index (χ4v) is 1.78. The standard InChI is InChI=1S/C11H17NO4S/c1-11(2,3)16-10-6-5-8(13)7-9(10)12-17(4,14)15/h5-7,12-13H,1-4H3. The van der Waals surface area contributed by atoms with Crippen LogP contribution in [0, 0.1) is 0 Å². The van der Waals surface area contributed by atoms with Gasteiger partial charge in [0.2, 0.25) is 10.0 Å². The summed E-state index contributed by atoms with van der Waals surface area (Å²) in [5.41, 5.74) is -0.229. The van der Waals surface area contributed by atoms with Gasteiger partial charge in [-0.2, -0.15) is 0 Å². The minimum Gasteiger partial charge on any atom is -0.508 e. The molecule has 6 heteroatoms. The predicted octanol–water partition coefficient (Wildman–Crippen LogP) is 1.94. The minimum atomic E-state index is -3.41. The van der Waals surface area contributed by atoms with E-state index in [0.29, 0.717) is 5.75 Å². The minimum absolute atomic E-state index is 0.0302. The van der Waals surface area contributed by atoms with E-state index in [1.54, 1.807) is 0 Å². The molecule has 0 aliphatic rings. The SMILES string of the molecule is CC(C)(C)Oc1ccc(O)cc1NS(C)(=O)=O. The normalized spacial score (nSPS) is 12.2. The number of hydrogen-bond donors (Lipinski definition) is 2. The van der Waals surface area contributed by atoms with Crippen LogP contribution in [0.4, 0.5) is 5.69 Å². The predicted molar refractivity (Wildman–Crippen MR) is 67.0 cm³/mol. The number of anilines is 1. The highest BCUT2D eigenvalue weighted by Crippen LogP contribution is 2.31. The molecule has 0 atom stereocenters. The maximum Gasteiger partial charge on any atom is 0.229 e. The second-order valence-corrected chi connectivity index (χ2v) is 6.52. The maximum atomic E-state index is 11.2. The topological polar surface area (TPSA) is 75.6 Å². The molecular formula is C11H17NO4S. The van der Waals surface area contributed by atoms with Crippen LogP contribution >= 0.6 is 0 Å². The van der Waals surface area contributed by atoms with Gasteiger partial charge in [-0.3, -0.25) is 4.72 Å². The lowest BCUT2D eigenvalue weighted by atomic mass is 10.2. The molecular weight excluding hydrogens is 242 g/mol. The third kappa shape index (κ3) is 4.95. The monoisotopic (exact) mass is 259 g/mol. The Labute approximate surface area is 101 Å². The Hall–Kier alpha value is -1.43. The average Bonchev–Trinajstić information content (AvgIpc) is 2.05. The fraction of sp³-hybridized carbons (Fsp3) is 0.455. The molecule has 1 aromatic carbocycles. The number of sulfonamides is 1. The van der Waals surface area contributed by atoms with Crippen molar-refractivity contribution in [2.24, 2.45) is 0 Å². The largest absolute Gasteiger partial charge is 0.508 e. The number of aromatic hydroxyl groups is 1. The number of phenolic OH excluding ortho intramolecular Hbond substituents is 1. The van der Waals surface area contributed by atoms with E-state index in [1.807, 2.05) is 20.8 Å². The Balaban J connectivity index is 3.13. The molecule has 0 bridgehead atoms. The van der Waals surface area contributed by atoms with Crippen molar-refractivity contribution in [3.05, 3.63) is 18.2 Å². The van der Waals surface area contributed by atoms with Gasteiger partial charge in [0.1, 0.15) is 17.1 Å². The molecule has 0 heterocycles. The van der Waals surface area contributed by atoms with Gasteiger partial charge in [0.05, 0.1) is 11.9 Å². The van der Waals surface area contributed by atoms with Crippen LogP contribution in [-0.2, 0) is 10.0 Å². The van der Waals surface area contributed by atoms with Gasteiger partial charge in [-0.05, 0) is 32.9 Å². The lowest BCUT2D eigenvalue weighted by Crippen LogP contribution is -2.24. The molecule has 0 saturated heterocycles. The van der Waals surface area contributed by atoms with Gasteiger partial charge in [0, 0.05) is 6.07 Å². The zero-order chi connectivity index (χ0) is 13.3. The summed E-state index contributed by atoms with van der Waals surface area (Å²) in [6, 6.07) is 4.27. The smallest absolute Gasteiger partial charge is 0.229 e. The van der Waals surface area contributed by atoms with Crippen LogP contribution in [0.5, 0.6) is 11.5 Å². The molecule has 5 nitrogen and oxygen atoms in total. The molecule has 0 radical (unpaired) electrons. The number of nitrogens with one attached hydrogen (secondary N) is 1. The van der Waals surface area contributed by atoms with Crippen molar-refractivity contribution in [3.63, 3.8) is 0 Å². The van der Waals surface area contributed by atoms with E-state index in [9.17, 15) is 13.5 Å². The molecule has 1 aromatic rings. The Morgan fingerprint density at radius 3 is 2.35 bits per heavy atom. The summed E-state index contributed by atoms with van der Waals surface area (Å²) in [6.07, 6.45) is 1.04. The van der Waals surface area contributed by atoms with Crippen LogP contribution in [-0.4, -0.2) is 25.4 Å². The number of benzene rings is 1.